The van der Waals surface area contributed by atoms with Gasteiger partial charge in [-0.1, -0.05) is 12.1 Å². The number of hydrogen-bond acceptors (Lipinski definition) is 5. The van der Waals surface area contributed by atoms with Crippen molar-refractivity contribution in [3.05, 3.63) is 53.3 Å². The van der Waals surface area contributed by atoms with Gasteiger partial charge in [0.15, 0.2) is 0 Å². The van der Waals surface area contributed by atoms with Crippen LogP contribution in [0, 0.1) is 0 Å². The van der Waals surface area contributed by atoms with E-state index < -0.39 is 0 Å². The number of para-hydroxylation sites is 1. The van der Waals surface area contributed by atoms with Gasteiger partial charge in [-0.2, -0.15) is 5.10 Å². The smallest absolute Gasteiger partial charge is 0.244 e. The first-order valence-electron chi connectivity index (χ1n) is 7.48. The van der Waals surface area contributed by atoms with Crippen LogP contribution in [-0.4, -0.2) is 34.4 Å². The van der Waals surface area contributed by atoms with Gasteiger partial charge in [0.25, 0.3) is 0 Å². The molecule has 1 amide bonds. The first kappa shape index (κ1) is 16.4. The molecule has 1 N–H and O–H groups in total. The number of nitrogens with zero attached hydrogens (tertiary/aromatic N) is 3. The van der Waals surface area contributed by atoms with E-state index >= 15 is 0 Å². The van der Waals surface area contributed by atoms with Crippen molar-refractivity contribution in [1.29, 1.82) is 0 Å². The van der Waals surface area contributed by atoms with Gasteiger partial charge in [0, 0.05) is 26.4 Å². The van der Waals surface area contributed by atoms with Crippen LogP contribution in [0.5, 0.6) is 0 Å². The molecule has 0 aliphatic heterocycles. The number of carbonyl (C=O) groups excluding carboxylic acids is 1. The Morgan fingerprint density at radius 1 is 1.42 bits per heavy atom. The Bertz CT molecular complexity index is 835. The summed E-state index contributed by atoms with van der Waals surface area (Å²) in [7, 11) is 3.44. The summed E-state index contributed by atoms with van der Waals surface area (Å²) in [6.07, 6.45) is 4.92. The summed E-state index contributed by atoms with van der Waals surface area (Å²) in [5.74, 6) is -0.197. The van der Waals surface area contributed by atoms with Crippen molar-refractivity contribution in [3.8, 4) is 0 Å². The Hall–Kier alpha value is -2.51. The molecule has 0 fully saturated rings. The Kier molecular flexibility index (Phi) is 5.02. The number of fused-ring (bicyclic) bond motifs is 1. The number of nitrogens with one attached hydrogen (secondary N) is 1. The third-order valence-corrected chi connectivity index (χ3v) is 4.56. The van der Waals surface area contributed by atoms with Gasteiger partial charge < -0.3 is 10.1 Å². The van der Waals surface area contributed by atoms with Crippen LogP contribution in [0.1, 0.15) is 16.7 Å². The number of aryl methyl sites for hydroxylation is 1. The Labute approximate surface area is 143 Å². The van der Waals surface area contributed by atoms with Crippen LogP contribution in [0.2, 0.25) is 0 Å². The van der Waals surface area contributed by atoms with E-state index in [1.807, 2.05) is 37.4 Å². The summed E-state index contributed by atoms with van der Waals surface area (Å²) >= 11 is 1.55. The summed E-state index contributed by atoms with van der Waals surface area (Å²) in [6, 6.07) is 9.51. The number of carbonyl (C=O) groups is 1. The zero-order valence-electron chi connectivity index (χ0n) is 13.5. The van der Waals surface area contributed by atoms with Gasteiger partial charge in [0.2, 0.25) is 5.91 Å². The van der Waals surface area contributed by atoms with Crippen molar-refractivity contribution in [3.63, 3.8) is 0 Å². The fourth-order valence-electron chi connectivity index (χ4n) is 2.42. The zero-order valence-corrected chi connectivity index (χ0v) is 14.3. The SMILES string of the molecule is COCC(NC(=O)C=Cc1nc2ccccc2s1)c1ccnn1C. The molecular weight excluding hydrogens is 324 g/mol. The average molecular weight is 342 g/mol. The van der Waals surface area contributed by atoms with E-state index in [1.54, 1.807) is 35.4 Å². The second-order valence-corrected chi connectivity index (χ2v) is 6.31. The summed E-state index contributed by atoms with van der Waals surface area (Å²) < 4.78 is 8.02. The minimum Gasteiger partial charge on any atom is -0.382 e. The molecule has 7 heteroatoms. The number of amides is 1. The molecule has 2 aromatic heterocycles. The highest BCUT2D eigenvalue weighted by atomic mass is 32.1. The molecule has 24 heavy (non-hydrogen) atoms. The second-order valence-electron chi connectivity index (χ2n) is 5.25. The van der Waals surface area contributed by atoms with Crippen molar-refractivity contribution in [2.45, 2.75) is 6.04 Å². The molecule has 3 rings (SSSR count). The van der Waals surface area contributed by atoms with Crippen LogP contribution in [0.3, 0.4) is 0 Å². The minimum atomic E-state index is -0.255. The summed E-state index contributed by atoms with van der Waals surface area (Å²) in [5.41, 5.74) is 1.83. The van der Waals surface area contributed by atoms with Crippen molar-refractivity contribution >= 4 is 33.5 Å². The van der Waals surface area contributed by atoms with Crippen molar-refractivity contribution in [2.75, 3.05) is 13.7 Å². The second kappa shape index (κ2) is 7.37. The number of methoxy groups -OCH3 is 1. The third kappa shape index (κ3) is 3.69. The molecule has 0 radical (unpaired) electrons. The highest BCUT2D eigenvalue weighted by molar-refractivity contribution is 7.19. The van der Waals surface area contributed by atoms with Crippen molar-refractivity contribution < 1.29 is 9.53 Å². The lowest BCUT2D eigenvalue weighted by Crippen LogP contribution is -2.31. The molecule has 0 aliphatic carbocycles. The number of rotatable bonds is 6. The lowest BCUT2D eigenvalue weighted by atomic mass is 10.2. The maximum Gasteiger partial charge on any atom is 0.244 e. The van der Waals surface area contributed by atoms with Gasteiger partial charge in [-0.3, -0.25) is 9.48 Å². The topological polar surface area (TPSA) is 69.0 Å². The Balaban J connectivity index is 1.70. The number of hydrogen-bond donors (Lipinski definition) is 1. The molecule has 1 unspecified atom stereocenters. The molecule has 0 aliphatic rings. The van der Waals surface area contributed by atoms with E-state index in [-0.39, 0.29) is 11.9 Å². The van der Waals surface area contributed by atoms with Crippen LogP contribution in [-0.2, 0) is 16.6 Å². The van der Waals surface area contributed by atoms with Gasteiger partial charge in [-0.15, -0.1) is 11.3 Å². The normalized spacial score (nSPS) is 12.8. The fraction of sp³-hybridized carbons (Fsp3) is 0.235. The number of ether oxygens (including phenoxy) is 1. The maximum absolute atomic E-state index is 12.2. The molecular formula is C17H18N4O2S. The summed E-state index contributed by atoms with van der Waals surface area (Å²) in [6.45, 7) is 0.375. The van der Waals surface area contributed by atoms with Crippen LogP contribution >= 0.6 is 11.3 Å². The summed E-state index contributed by atoms with van der Waals surface area (Å²) in [4.78, 5) is 16.7. The lowest BCUT2D eigenvalue weighted by molar-refractivity contribution is -0.117. The van der Waals surface area contributed by atoms with Crippen LogP contribution in [0.15, 0.2) is 42.6 Å². The number of thiazole rings is 1. The Morgan fingerprint density at radius 2 is 2.25 bits per heavy atom. The van der Waals surface area contributed by atoms with Crippen LogP contribution in [0.4, 0.5) is 0 Å². The van der Waals surface area contributed by atoms with E-state index in [1.165, 1.54) is 6.08 Å². The molecule has 124 valence electrons. The standard InChI is InChI=1S/C17H18N4O2S/c1-21-14(9-10-18-21)13(11-23-2)19-16(22)7-8-17-20-12-5-3-4-6-15(12)24-17/h3-10,13H,11H2,1-2H3,(H,19,22). The molecule has 3 aromatic rings. The van der Waals surface area contributed by atoms with Gasteiger partial charge in [0.05, 0.1) is 28.6 Å². The van der Waals surface area contributed by atoms with Gasteiger partial charge in [-0.05, 0) is 24.3 Å². The molecule has 6 nitrogen and oxygen atoms in total. The van der Waals surface area contributed by atoms with Crippen molar-refractivity contribution in [2.24, 2.45) is 7.05 Å². The number of aromatic nitrogens is 3. The van der Waals surface area contributed by atoms with Crippen molar-refractivity contribution in [1.82, 2.24) is 20.1 Å². The molecule has 0 spiro atoms. The predicted octanol–water partition coefficient (Wildman–Crippen LogP) is 2.55. The maximum atomic E-state index is 12.2. The first-order valence-corrected chi connectivity index (χ1v) is 8.30. The fourth-order valence-corrected chi connectivity index (χ4v) is 3.29. The van der Waals surface area contributed by atoms with E-state index in [4.69, 9.17) is 4.74 Å². The lowest BCUT2D eigenvalue weighted by Gasteiger charge is -2.17. The van der Waals surface area contributed by atoms with Gasteiger partial charge >= 0.3 is 0 Å². The van der Waals surface area contributed by atoms with Gasteiger partial charge in [-0.25, -0.2) is 4.98 Å². The molecule has 1 atom stereocenters. The largest absolute Gasteiger partial charge is 0.382 e. The predicted molar refractivity (Wildman–Crippen MR) is 94.6 cm³/mol. The molecule has 0 saturated heterocycles. The van der Waals surface area contributed by atoms with E-state index in [0.29, 0.717) is 6.61 Å². The zero-order chi connectivity index (χ0) is 16.9. The van der Waals surface area contributed by atoms with E-state index in [9.17, 15) is 4.79 Å². The quantitative estimate of drug-likeness (QED) is 0.699. The monoisotopic (exact) mass is 342 g/mol. The summed E-state index contributed by atoms with van der Waals surface area (Å²) in [5, 5.41) is 7.86. The van der Waals surface area contributed by atoms with E-state index in [2.05, 4.69) is 15.4 Å². The van der Waals surface area contributed by atoms with Gasteiger partial charge in [0.1, 0.15) is 5.01 Å². The average Bonchev–Trinajstić information content (AvgIpc) is 3.18. The molecule has 1 aromatic carbocycles. The third-order valence-electron chi connectivity index (χ3n) is 3.55. The molecule has 2 heterocycles. The van der Waals surface area contributed by atoms with E-state index in [0.717, 1.165) is 20.9 Å². The molecule has 0 saturated carbocycles. The minimum absolute atomic E-state index is 0.197. The number of benzene rings is 1. The van der Waals surface area contributed by atoms with Crippen LogP contribution < -0.4 is 5.32 Å². The van der Waals surface area contributed by atoms with Crippen LogP contribution in [0.25, 0.3) is 16.3 Å². The highest BCUT2D eigenvalue weighted by Crippen LogP contribution is 2.22. The highest BCUT2D eigenvalue weighted by Gasteiger charge is 2.16. The first-order chi connectivity index (χ1) is 11.7. The Morgan fingerprint density at radius 3 is 2.96 bits per heavy atom. The molecule has 0 bridgehead atoms.